The van der Waals surface area contributed by atoms with Crippen LogP contribution >= 0.6 is 0 Å². The molecule has 0 aromatic heterocycles. The van der Waals surface area contributed by atoms with Crippen molar-refractivity contribution in [1.82, 2.24) is 0 Å². The van der Waals surface area contributed by atoms with Crippen molar-refractivity contribution in [2.75, 3.05) is 0 Å². The molecule has 0 rings (SSSR count). The minimum Gasteiger partial charge on any atom is -0.483 e. The fraction of sp³-hybridized carbons (Fsp3) is 0. The summed E-state index contributed by atoms with van der Waals surface area (Å²) >= 11 is 0. The SMILES string of the molecule is F.F.F.O=CO. The number of hydrogen-bond acceptors (Lipinski definition) is 1. The van der Waals surface area contributed by atoms with Crippen LogP contribution in [0.4, 0.5) is 14.1 Å². The van der Waals surface area contributed by atoms with Crippen LogP contribution in [0.3, 0.4) is 0 Å². The van der Waals surface area contributed by atoms with E-state index in [9.17, 15) is 0 Å². The lowest BCUT2D eigenvalue weighted by molar-refractivity contribution is -0.122. The second-order valence-corrected chi connectivity index (χ2v) is 0.105. The van der Waals surface area contributed by atoms with Crippen LogP contribution in [0.15, 0.2) is 0 Å². The number of halogens is 3. The first-order valence-electron chi connectivity index (χ1n) is 0.494. The molecule has 0 unspecified atom stereocenters. The highest BCUT2D eigenvalue weighted by Gasteiger charge is 1.22. The van der Waals surface area contributed by atoms with E-state index in [-0.39, 0.29) is 20.6 Å². The molecule has 2 nitrogen and oxygen atoms in total. The Morgan fingerprint density at radius 3 is 1.17 bits per heavy atom. The normalized spacial score (nSPS) is 2.00. The zero-order valence-corrected chi connectivity index (χ0v) is 2.66. The summed E-state index contributed by atoms with van der Waals surface area (Å²) in [5.74, 6) is 0. The molecule has 0 spiro atoms. The maximum atomic E-state index is 8.36. The summed E-state index contributed by atoms with van der Waals surface area (Å²) in [6, 6.07) is 0. The van der Waals surface area contributed by atoms with Crippen LogP contribution in [-0.4, -0.2) is 11.6 Å². The number of carboxylic acid groups (broad SMARTS) is 1. The Morgan fingerprint density at radius 1 is 1.17 bits per heavy atom. The Balaban J connectivity index is -0.00000000667. The van der Waals surface area contributed by atoms with E-state index >= 15 is 0 Å². The zero-order valence-electron chi connectivity index (χ0n) is 2.66. The fourth-order valence-electron chi connectivity index (χ4n) is 0. The van der Waals surface area contributed by atoms with Gasteiger partial charge in [-0.2, -0.15) is 0 Å². The van der Waals surface area contributed by atoms with Crippen LogP contribution in [0.2, 0.25) is 0 Å². The smallest absolute Gasteiger partial charge is 0.290 e. The van der Waals surface area contributed by atoms with Crippen LogP contribution in [0.25, 0.3) is 0 Å². The molecule has 0 aromatic carbocycles. The number of carbonyl (C=O) groups is 1. The Kier molecular flexibility index (Phi) is 6710. The molecule has 42 valence electrons. The van der Waals surface area contributed by atoms with Crippen LogP contribution in [0.5, 0.6) is 0 Å². The van der Waals surface area contributed by atoms with Crippen LogP contribution in [-0.2, 0) is 4.79 Å². The molecule has 0 radical (unpaired) electrons. The fourth-order valence-corrected chi connectivity index (χ4v) is 0. The third-order valence-corrected chi connectivity index (χ3v) is 0. The van der Waals surface area contributed by atoms with Crippen LogP contribution < -0.4 is 0 Å². The first kappa shape index (κ1) is 60.1. The van der Waals surface area contributed by atoms with Gasteiger partial charge in [-0.3, -0.25) is 18.9 Å². The summed E-state index contributed by atoms with van der Waals surface area (Å²) < 4.78 is 0. The monoisotopic (exact) mass is 106 g/mol. The molecule has 5 heteroatoms. The summed E-state index contributed by atoms with van der Waals surface area (Å²) in [5.41, 5.74) is 0. The highest BCUT2D eigenvalue weighted by Crippen LogP contribution is 0.966. The summed E-state index contributed by atoms with van der Waals surface area (Å²) in [4.78, 5) is 8.36. The van der Waals surface area contributed by atoms with E-state index in [2.05, 4.69) is 0 Å². The van der Waals surface area contributed by atoms with Gasteiger partial charge in [-0.05, 0) is 0 Å². The van der Waals surface area contributed by atoms with Crippen molar-refractivity contribution in [3.05, 3.63) is 0 Å². The highest BCUT2D eigenvalue weighted by atomic mass is 19.0. The lowest BCUT2D eigenvalue weighted by Gasteiger charge is -1.34. The third kappa shape index (κ3) is 30.4. The molecule has 0 amide bonds. The van der Waals surface area contributed by atoms with E-state index in [1.54, 1.807) is 0 Å². The van der Waals surface area contributed by atoms with E-state index in [1.165, 1.54) is 0 Å². The predicted octanol–water partition coefficient (Wildman–Crippen LogP) is 0.158. The van der Waals surface area contributed by atoms with Gasteiger partial charge in [0.25, 0.3) is 6.47 Å². The van der Waals surface area contributed by atoms with E-state index < -0.39 is 0 Å². The Bertz CT molecular complexity index is 16.3. The minimum atomic E-state index is -0.250. The van der Waals surface area contributed by atoms with Gasteiger partial charge in [0.2, 0.25) is 0 Å². The average molecular weight is 106 g/mol. The number of rotatable bonds is 0. The largest absolute Gasteiger partial charge is 0.483 e. The van der Waals surface area contributed by atoms with E-state index in [0.717, 1.165) is 0 Å². The topological polar surface area (TPSA) is 37.3 Å². The molecule has 0 heterocycles. The number of hydrogen-bond donors (Lipinski definition) is 1. The van der Waals surface area contributed by atoms with Crippen molar-refractivity contribution in [2.24, 2.45) is 0 Å². The molecular weight excluding hydrogens is 101 g/mol. The van der Waals surface area contributed by atoms with Gasteiger partial charge >= 0.3 is 0 Å². The molecule has 1 N–H and O–H groups in total. The van der Waals surface area contributed by atoms with E-state index in [1.807, 2.05) is 0 Å². The Morgan fingerprint density at radius 2 is 1.17 bits per heavy atom. The molecule has 0 aliphatic heterocycles. The van der Waals surface area contributed by atoms with Crippen molar-refractivity contribution >= 4 is 6.47 Å². The lowest BCUT2D eigenvalue weighted by Crippen LogP contribution is -1.49. The highest BCUT2D eigenvalue weighted by molar-refractivity contribution is 5.32. The van der Waals surface area contributed by atoms with Crippen molar-refractivity contribution in [3.63, 3.8) is 0 Å². The van der Waals surface area contributed by atoms with Gasteiger partial charge in [-0.15, -0.1) is 0 Å². The lowest BCUT2D eigenvalue weighted by atomic mass is 11.7. The van der Waals surface area contributed by atoms with Crippen molar-refractivity contribution in [3.8, 4) is 0 Å². The summed E-state index contributed by atoms with van der Waals surface area (Å²) in [5, 5.41) is 6.89. The quantitative estimate of drug-likeness (QED) is 0.446. The summed E-state index contributed by atoms with van der Waals surface area (Å²) in [6.07, 6.45) is 0. The molecule has 0 fully saturated rings. The average Bonchev–Trinajstić information content (AvgIpc) is 0.918. The molecule has 0 saturated heterocycles. The second kappa shape index (κ2) is 670. The standard InChI is InChI=1S/CH2O2.3FH/c2-1-3;;;/h1H,(H,2,3);3*1H. The molecule has 0 atom stereocenters. The predicted molar refractivity (Wildman–Crippen MR) is 16.2 cm³/mol. The van der Waals surface area contributed by atoms with Gasteiger partial charge in [-0.1, -0.05) is 0 Å². The molecule has 6 heavy (non-hydrogen) atoms. The first-order valence-corrected chi connectivity index (χ1v) is 0.494. The van der Waals surface area contributed by atoms with Gasteiger partial charge in [0.1, 0.15) is 0 Å². The summed E-state index contributed by atoms with van der Waals surface area (Å²) in [6.45, 7) is -0.250. The van der Waals surface area contributed by atoms with Crippen molar-refractivity contribution in [1.29, 1.82) is 0 Å². The van der Waals surface area contributed by atoms with Crippen molar-refractivity contribution in [2.45, 2.75) is 0 Å². The van der Waals surface area contributed by atoms with Gasteiger partial charge in [0, 0.05) is 0 Å². The first-order chi connectivity index (χ1) is 1.41. The Hall–Kier alpha value is -0.740. The molecule has 0 aliphatic carbocycles. The van der Waals surface area contributed by atoms with Gasteiger partial charge in [-0.25, -0.2) is 0 Å². The second-order valence-electron chi connectivity index (χ2n) is 0.105. The zero-order chi connectivity index (χ0) is 2.71. The molecule has 0 aliphatic rings. The minimum absolute atomic E-state index is 0. The molecule has 0 bridgehead atoms. The van der Waals surface area contributed by atoms with Gasteiger partial charge < -0.3 is 5.11 Å². The summed E-state index contributed by atoms with van der Waals surface area (Å²) in [7, 11) is 0. The van der Waals surface area contributed by atoms with Gasteiger partial charge in [0.05, 0.1) is 0 Å². The third-order valence-electron chi connectivity index (χ3n) is 0. The Labute approximate surface area is 31.9 Å². The maximum absolute atomic E-state index is 8.36. The van der Waals surface area contributed by atoms with E-state index in [4.69, 9.17) is 9.90 Å². The molecule has 0 saturated carbocycles. The molecular formula is CH5F3O2. The molecule has 0 aromatic rings. The maximum Gasteiger partial charge on any atom is 0.290 e. The van der Waals surface area contributed by atoms with E-state index in [0.29, 0.717) is 0 Å². The van der Waals surface area contributed by atoms with Gasteiger partial charge in [0.15, 0.2) is 0 Å². The van der Waals surface area contributed by atoms with Crippen LogP contribution in [0.1, 0.15) is 0 Å². The van der Waals surface area contributed by atoms with Crippen LogP contribution in [0, 0.1) is 0 Å². The van der Waals surface area contributed by atoms with Crippen molar-refractivity contribution < 1.29 is 24.0 Å².